The largest absolute Gasteiger partial charge is 0.469 e. The molecule has 0 aliphatic carbocycles. The zero-order chi connectivity index (χ0) is 21.3. The van der Waals surface area contributed by atoms with E-state index in [9.17, 15) is 19.2 Å². The van der Waals surface area contributed by atoms with Crippen molar-refractivity contribution in [3.63, 3.8) is 0 Å². The fourth-order valence-corrected chi connectivity index (χ4v) is 1.90. The van der Waals surface area contributed by atoms with Crippen LogP contribution in [0.2, 0.25) is 0 Å². The number of methoxy groups -OCH3 is 3. The lowest BCUT2D eigenvalue weighted by atomic mass is 10.1. The molecule has 160 valence electrons. The van der Waals surface area contributed by atoms with Gasteiger partial charge in [-0.3, -0.25) is 14.4 Å². The Morgan fingerprint density at radius 2 is 1.29 bits per heavy atom. The molecule has 0 saturated carbocycles. The maximum Gasteiger partial charge on any atom is 0.307 e. The van der Waals surface area contributed by atoms with Crippen LogP contribution in [0.15, 0.2) is 4.99 Å². The molecule has 0 bridgehead atoms. The third-order valence-electron chi connectivity index (χ3n) is 3.48. The van der Waals surface area contributed by atoms with Crippen LogP contribution >= 0.6 is 0 Å². The van der Waals surface area contributed by atoms with Crippen LogP contribution < -0.4 is 0 Å². The first-order valence-corrected chi connectivity index (χ1v) is 8.52. The topological polar surface area (TPSA) is 136 Å². The van der Waals surface area contributed by atoms with E-state index < -0.39 is 23.6 Å². The van der Waals surface area contributed by atoms with Gasteiger partial charge in [-0.15, -0.1) is 0 Å². The number of hydrogen-bond acceptors (Lipinski definition) is 11. The molecule has 0 aliphatic heterocycles. The summed E-state index contributed by atoms with van der Waals surface area (Å²) in [5.74, 6) is -1.37. The molecule has 0 N–H and O–H groups in total. The number of hydrogen-bond donors (Lipinski definition) is 0. The molecule has 0 amide bonds. The Labute approximate surface area is 163 Å². The Morgan fingerprint density at radius 3 is 1.79 bits per heavy atom. The Morgan fingerprint density at radius 1 is 0.786 bits per heavy atom. The SMILES string of the molecule is COC(=O)CCOCCC(COCCC(=O)OC)(N=C=O)OCCC(=O)OC. The number of esters is 3. The first-order valence-electron chi connectivity index (χ1n) is 8.52. The van der Waals surface area contributed by atoms with E-state index in [2.05, 4.69) is 19.2 Å². The number of aliphatic imine (C=N–C) groups is 1. The monoisotopic (exact) mass is 405 g/mol. The summed E-state index contributed by atoms with van der Waals surface area (Å²) < 4.78 is 29.8. The second-order valence-electron chi connectivity index (χ2n) is 5.39. The van der Waals surface area contributed by atoms with Crippen LogP contribution in [0.3, 0.4) is 0 Å². The van der Waals surface area contributed by atoms with Crippen molar-refractivity contribution in [1.82, 2.24) is 0 Å². The molecule has 1 unspecified atom stereocenters. The summed E-state index contributed by atoms with van der Waals surface area (Å²) in [6.07, 6.45) is 1.53. The van der Waals surface area contributed by atoms with E-state index in [1.165, 1.54) is 27.4 Å². The predicted octanol–water partition coefficient (Wildman–Crippen LogP) is 0.148. The highest BCUT2D eigenvalue weighted by atomic mass is 16.6. The van der Waals surface area contributed by atoms with Gasteiger partial charge in [0, 0.05) is 6.42 Å². The van der Waals surface area contributed by atoms with E-state index in [1.54, 1.807) is 0 Å². The van der Waals surface area contributed by atoms with E-state index in [0.717, 1.165) is 0 Å². The summed E-state index contributed by atoms with van der Waals surface area (Å²) in [7, 11) is 3.77. The zero-order valence-corrected chi connectivity index (χ0v) is 16.4. The van der Waals surface area contributed by atoms with E-state index in [-0.39, 0.29) is 58.7 Å². The van der Waals surface area contributed by atoms with Gasteiger partial charge < -0.3 is 28.4 Å². The van der Waals surface area contributed by atoms with E-state index >= 15 is 0 Å². The number of nitrogens with zero attached hydrogens (tertiary/aromatic N) is 1. The minimum atomic E-state index is -1.46. The van der Waals surface area contributed by atoms with E-state index in [0.29, 0.717) is 0 Å². The van der Waals surface area contributed by atoms with Crippen molar-refractivity contribution in [3.05, 3.63) is 0 Å². The summed E-state index contributed by atoms with van der Waals surface area (Å²) in [6.45, 7) is -0.0484. The second-order valence-corrected chi connectivity index (χ2v) is 5.39. The molecular formula is C17H27NO10. The van der Waals surface area contributed by atoms with Crippen molar-refractivity contribution in [2.75, 3.05) is 54.4 Å². The Balaban J connectivity index is 4.75. The number of rotatable bonds is 16. The molecule has 1 atom stereocenters. The standard InChI is InChI=1S/C17H27NO10/c1-23-14(20)4-8-26-11-7-17(18-13-19,28-10-6-16(22)25-3)12-27-9-5-15(21)24-2/h4-12H2,1-3H3. The Kier molecular flexibility index (Phi) is 14.4. The molecule has 0 radical (unpaired) electrons. The van der Waals surface area contributed by atoms with Crippen LogP contribution in [0.4, 0.5) is 0 Å². The molecule has 0 fully saturated rings. The molecule has 0 heterocycles. The van der Waals surface area contributed by atoms with Gasteiger partial charge in [0.25, 0.3) is 0 Å². The quantitative estimate of drug-likeness (QED) is 0.115. The van der Waals surface area contributed by atoms with Crippen molar-refractivity contribution in [3.8, 4) is 0 Å². The lowest BCUT2D eigenvalue weighted by Crippen LogP contribution is -2.38. The average molecular weight is 405 g/mol. The third kappa shape index (κ3) is 12.1. The highest BCUT2D eigenvalue weighted by Gasteiger charge is 2.32. The van der Waals surface area contributed by atoms with Gasteiger partial charge in [-0.25, -0.2) is 4.79 Å². The van der Waals surface area contributed by atoms with Gasteiger partial charge in [0.05, 0.1) is 73.6 Å². The van der Waals surface area contributed by atoms with Gasteiger partial charge >= 0.3 is 17.9 Å². The highest BCUT2D eigenvalue weighted by Crippen LogP contribution is 2.20. The summed E-state index contributed by atoms with van der Waals surface area (Å²) >= 11 is 0. The molecule has 0 rings (SSSR count). The maximum atomic E-state index is 11.3. The van der Waals surface area contributed by atoms with Crippen LogP contribution in [0.25, 0.3) is 0 Å². The molecular weight excluding hydrogens is 378 g/mol. The molecule has 0 aromatic carbocycles. The molecule has 11 nitrogen and oxygen atoms in total. The molecule has 0 aliphatic rings. The van der Waals surface area contributed by atoms with Gasteiger partial charge in [0.15, 0.2) is 5.72 Å². The highest BCUT2D eigenvalue weighted by molar-refractivity contribution is 5.69. The van der Waals surface area contributed by atoms with Crippen LogP contribution in [0, 0.1) is 0 Å². The normalized spacial score (nSPS) is 12.4. The summed E-state index contributed by atoms with van der Waals surface area (Å²) in [4.78, 5) is 48.0. The van der Waals surface area contributed by atoms with Crippen molar-refractivity contribution < 1.29 is 47.6 Å². The lowest BCUT2D eigenvalue weighted by Gasteiger charge is -2.28. The van der Waals surface area contributed by atoms with Crippen molar-refractivity contribution >= 4 is 24.0 Å². The minimum Gasteiger partial charge on any atom is -0.469 e. The molecule has 0 spiro atoms. The summed E-state index contributed by atoms with van der Waals surface area (Å²) in [6, 6.07) is 0. The lowest BCUT2D eigenvalue weighted by molar-refractivity contribution is -0.149. The molecule has 11 heteroatoms. The van der Waals surface area contributed by atoms with E-state index in [1.807, 2.05) is 0 Å². The third-order valence-corrected chi connectivity index (χ3v) is 3.48. The number of carbonyl (C=O) groups is 3. The van der Waals surface area contributed by atoms with Crippen LogP contribution in [-0.4, -0.2) is 84.1 Å². The fourth-order valence-electron chi connectivity index (χ4n) is 1.90. The van der Waals surface area contributed by atoms with Crippen LogP contribution in [0.5, 0.6) is 0 Å². The summed E-state index contributed by atoms with van der Waals surface area (Å²) in [5, 5.41) is 0. The molecule has 28 heavy (non-hydrogen) atoms. The number of isocyanates is 1. The smallest absolute Gasteiger partial charge is 0.307 e. The van der Waals surface area contributed by atoms with Crippen molar-refractivity contribution in [2.24, 2.45) is 4.99 Å². The zero-order valence-electron chi connectivity index (χ0n) is 16.4. The first-order chi connectivity index (χ1) is 13.4. The van der Waals surface area contributed by atoms with Gasteiger partial charge in [0.2, 0.25) is 6.08 Å². The first kappa shape index (κ1) is 25.7. The van der Waals surface area contributed by atoms with Gasteiger partial charge in [-0.1, -0.05) is 0 Å². The molecule has 0 saturated heterocycles. The van der Waals surface area contributed by atoms with Crippen LogP contribution in [0.1, 0.15) is 25.7 Å². The number of ether oxygens (including phenoxy) is 6. The van der Waals surface area contributed by atoms with Gasteiger partial charge in [-0.05, 0) is 0 Å². The van der Waals surface area contributed by atoms with E-state index in [4.69, 9.17) is 14.2 Å². The summed E-state index contributed by atoms with van der Waals surface area (Å²) in [5.41, 5.74) is -1.46. The van der Waals surface area contributed by atoms with Crippen molar-refractivity contribution in [2.45, 2.75) is 31.4 Å². The Bertz CT molecular complexity index is 532. The van der Waals surface area contributed by atoms with Crippen molar-refractivity contribution in [1.29, 1.82) is 0 Å². The van der Waals surface area contributed by atoms with Gasteiger partial charge in [-0.2, -0.15) is 4.99 Å². The van der Waals surface area contributed by atoms with Crippen LogP contribution in [-0.2, 0) is 47.6 Å². The fraction of sp³-hybridized carbons (Fsp3) is 0.765. The minimum absolute atomic E-state index is 0.00910. The predicted molar refractivity (Wildman–Crippen MR) is 93.0 cm³/mol. The molecule has 0 aromatic heterocycles. The number of carbonyl (C=O) groups excluding carboxylic acids is 4. The van der Waals surface area contributed by atoms with Gasteiger partial charge in [0.1, 0.15) is 0 Å². The molecule has 0 aromatic rings. The maximum absolute atomic E-state index is 11.3. The average Bonchev–Trinajstić information content (AvgIpc) is 2.70. The Hall–Kier alpha value is -2.33. The second kappa shape index (κ2) is 15.7.